The SMILES string of the molecule is F[B-](F)(F)c1ccccc1OCCN1CCCC1.[K+]. The summed E-state index contributed by atoms with van der Waals surface area (Å²) in [4.78, 5) is 2.21. The van der Waals surface area contributed by atoms with Gasteiger partial charge in [0.1, 0.15) is 6.61 Å². The first kappa shape index (κ1) is 17.5. The van der Waals surface area contributed by atoms with Crippen LogP contribution in [-0.4, -0.2) is 38.1 Å². The Morgan fingerprint density at radius 3 is 2.37 bits per heavy atom. The van der Waals surface area contributed by atoms with E-state index in [0.717, 1.165) is 19.2 Å². The summed E-state index contributed by atoms with van der Waals surface area (Å²) in [6.45, 7) is -1.96. The standard InChI is InChI=1S/C12H16BF3NO.K/c14-13(15,16)11-5-1-2-6-12(11)18-10-9-17-7-3-4-8-17;/h1-2,5-6H,3-4,7-10H2;/q-1;+1. The zero-order chi connectivity index (χ0) is 13.0. The molecular formula is C12H16BF3KNO. The van der Waals surface area contributed by atoms with Crippen molar-refractivity contribution >= 4 is 12.4 Å². The van der Waals surface area contributed by atoms with Crippen LogP contribution in [0.25, 0.3) is 0 Å². The smallest absolute Gasteiger partial charge is 0.495 e. The molecule has 0 radical (unpaired) electrons. The first-order valence-electron chi connectivity index (χ1n) is 6.21. The van der Waals surface area contributed by atoms with E-state index in [1.807, 2.05) is 0 Å². The van der Waals surface area contributed by atoms with Gasteiger partial charge in [0.05, 0.1) is 5.75 Å². The number of benzene rings is 1. The molecule has 0 unspecified atom stereocenters. The van der Waals surface area contributed by atoms with Gasteiger partial charge in [0, 0.05) is 6.54 Å². The molecule has 0 N–H and O–H groups in total. The summed E-state index contributed by atoms with van der Waals surface area (Å²) >= 11 is 0. The molecule has 1 aliphatic rings. The zero-order valence-corrected chi connectivity index (χ0v) is 14.2. The van der Waals surface area contributed by atoms with Gasteiger partial charge in [-0.25, -0.2) is 0 Å². The van der Waals surface area contributed by atoms with Crippen LogP contribution in [0.2, 0.25) is 0 Å². The van der Waals surface area contributed by atoms with Crippen molar-refractivity contribution in [3.05, 3.63) is 24.3 Å². The van der Waals surface area contributed by atoms with Crippen LogP contribution in [0.15, 0.2) is 24.3 Å². The fourth-order valence-electron chi connectivity index (χ4n) is 2.17. The van der Waals surface area contributed by atoms with Gasteiger partial charge in [0.2, 0.25) is 0 Å². The van der Waals surface area contributed by atoms with E-state index in [9.17, 15) is 12.9 Å². The first-order valence-corrected chi connectivity index (χ1v) is 6.21. The third kappa shape index (κ3) is 5.40. The van der Waals surface area contributed by atoms with E-state index in [-0.39, 0.29) is 57.1 Å². The van der Waals surface area contributed by atoms with Crippen molar-refractivity contribution in [2.75, 3.05) is 26.2 Å². The molecule has 1 aromatic carbocycles. The molecule has 100 valence electrons. The Bertz CT molecular complexity index is 397. The van der Waals surface area contributed by atoms with Gasteiger partial charge in [-0.05, 0) is 32.0 Å². The molecule has 19 heavy (non-hydrogen) atoms. The van der Waals surface area contributed by atoms with Gasteiger partial charge in [-0.1, -0.05) is 23.7 Å². The Morgan fingerprint density at radius 2 is 1.74 bits per heavy atom. The Morgan fingerprint density at radius 1 is 1.11 bits per heavy atom. The Labute approximate surface area is 154 Å². The van der Waals surface area contributed by atoms with Gasteiger partial charge < -0.3 is 17.7 Å². The van der Waals surface area contributed by atoms with Crippen LogP contribution in [-0.2, 0) is 0 Å². The Kier molecular flexibility index (Phi) is 7.42. The fraction of sp³-hybridized carbons (Fsp3) is 0.500. The molecule has 0 aliphatic carbocycles. The Hall–Kier alpha value is 0.471. The zero-order valence-electron chi connectivity index (χ0n) is 11.1. The van der Waals surface area contributed by atoms with E-state index >= 15 is 0 Å². The summed E-state index contributed by atoms with van der Waals surface area (Å²) in [7, 11) is 0. The number of rotatable bonds is 5. The maximum absolute atomic E-state index is 12.7. The van der Waals surface area contributed by atoms with Gasteiger partial charge >= 0.3 is 58.4 Å². The van der Waals surface area contributed by atoms with Crippen molar-refractivity contribution in [1.82, 2.24) is 4.90 Å². The second-order valence-corrected chi connectivity index (χ2v) is 4.51. The average Bonchev–Trinajstić information content (AvgIpc) is 2.81. The third-order valence-corrected chi connectivity index (χ3v) is 3.14. The van der Waals surface area contributed by atoms with Crippen LogP contribution in [0.3, 0.4) is 0 Å². The molecule has 0 amide bonds. The average molecular weight is 297 g/mol. The van der Waals surface area contributed by atoms with Gasteiger partial charge in [-0.2, -0.15) is 0 Å². The van der Waals surface area contributed by atoms with Gasteiger partial charge in [-0.15, -0.1) is 0 Å². The van der Waals surface area contributed by atoms with Crippen LogP contribution in [0.5, 0.6) is 5.75 Å². The van der Waals surface area contributed by atoms with Crippen LogP contribution in [0, 0.1) is 0 Å². The first-order chi connectivity index (χ1) is 8.57. The van der Waals surface area contributed by atoms with Gasteiger partial charge in [0.15, 0.2) is 0 Å². The number of ether oxygens (including phenoxy) is 1. The molecule has 1 heterocycles. The molecule has 1 saturated heterocycles. The van der Waals surface area contributed by atoms with Gasteiger partial charge in [0.25, 0.3) is 0 Å². The molecule has 0 spiro atoms. The van der Waals surface area contributed by atoms with Gasteiger partial charge in [-0.3, -0.25) is 4.90 Å². The number of hydrogen-bond donors (Lipinski definition) is 0. The van der Waals surface area contributed by atoms with Crippen LogP contribution < -0.4 is 61.6 Å². The maximum Gasteiger partial charge on any atom is 1.00 e. The summed E-state index contributed by atoms with van der Waals surface area (Å²) in [5.41, 5.74) is -0.640. The molecule has 1 aliphatic heterocycles. The molecule has 0 atom stereocenters. The summed E-state index contributed by atoms with van der Waals surface area (Å²) in [6.07, 6.45) is 2.34. The predicted molar refractivity (Wildman–Crippen MR) is 66.3 cm³/mol. The molecule has 0 bridgehead atoms. The minimum atomic E-state index is -5.01. The van der Waals surface area contributed by atoms with E-state index in [1.54, 1.807) is 6.07 Å². The van der Waals surface area contributed by atoms with Crippen LogP contribution in [0.1, 0.15) is 12.8 Å². The van der Waals surface area contributed by atoms with Crippen LogP contribution >= 0.6 is 0 Å². The summed E-state index contributed by atoms with van der Waals surface area (Å²) < 4.78 is 43.5. The monoisotopic (exact) mass is 297 g/mol. The topological polar surface area (TPSA) is 12.5 Å². The second kappa shape index (κ2) is 8.05. The molecule has 1 aromatic rings. The largest absolute Gasteiger partial charge is 1.00 e. The minimum Gasteiger partial charge on any atom is -0.495 e. The van der Waals surface area contributed by atoms with E-state index in [2.05, 4.69) is 4.90 Å². The van der Waals surface area contributed by atoms with Crippen LogP contribution in [0.4, 0.5) is 12.9 Å². The van der Waals surface area contributed by atoms with E-state index in [0.29, 0.717) is 13.2 Å². The minimum absolute atomic E-state index is 0. The number of hydrogen-bond acceptors (Lipinski definition) is 2. The third-order valence-electron chi connectivity index (χ3n) is 3.14. The summed E-state index contributed by atoms with van der Waals surface area (Å²) in [5.74, 6) is -0.0517. The van der Waals surface area contributed by atoms with Crippen molar-refractivity contribution in [1.29, 1.82) is 0 Å². The molecule has 1 fully saturated rings. The molecule has 0 saturated carbocycles. The number of nitrogens with zero attached hydrogens (tertiary/aromatic N) is 1. The molecular weight excluding hydrogens is 281 g/mol. The fourth-order valence-corrected chi connectivity index (χ4v) is 2.17. The second-order valence-electron chi connectivity index (χ2n) is 4.51. The molecule has 7 heteroatoms. The number of halogens is 3. The van der Waals surface area contributed by atoms with E-state index in [1.165, 1.54) is 25.0 Å². The van der Waals surface area contributed by atoms with Crippen molar-refractivity contribution in [3.63, 3.8) is 0 Å². The predicted octanol–water partition coefficient (Wildman–Crippen LogP) is -0.780. The van der Waals surface area contributed by atoms with Crippen molar-refractivity contribution in [2.24, 2.45) is 0 Å². The summed E-state index contributed by atoms with van der Waals surface area (Å²) in [6, 6.07) is 5.41. The summed E-state index contributed by atoms with van der Waals surface area (Å²) in [5, 5.41) is 0. The normalized spacial score (nSPS) is 16.2. The van der Waals surface area contributed by atoms with E-state index < -0.39 is 12.4 Å². The number of likely N-dealkylation sites (tertiary alicyclic amines) is 1. The van der Waals surface area contributed by atoms with Crippen molar-refractivity contribution in [2.45, 2.75) is 12.8 Å². The molecule has 2 rings (SSSR count). The van der Waals surface area contributed by atoms with Crippen molar-refractivity contribution < 1.29 is 69.1 Å². The van der Waals surface area contributed by atoms with E-state index in [4.69, 9.17) is 4.74 Å². The van der Waals surface area contributed by atoms with Crippen molar-refractivity contribution in [3.8, 4) is 5.75 Å². The number of para-hydroxylation sites is 1. The quantitative estimate of drug-likeness (QED) is 0.661. The maximum atomic E-state index is 12.7. The Balaban J connectivity index is 0.00000180. The molecule has 2 nitrogen and oxygen atoms in total. The molecule has 0 aromatic heterocycles.